The van der Waals surface area contributed by atoms with Gasteiger partial charge in [0.25, 0.3) is 0 Å². The molecule has 0 aliphatic rings. The van der Waals surface area contributed by atoms with Crippen LogP contribution in [0.15, 0.2) is 18.2 Å². The maximum atomic E-state index is 10.6. The fourth-order valence-electron chi connectivity index (χ4n) is 1.05. The highest BCUT2D eigenvalue weighted by atomic mass is 16.5. The highest BCUT2D eigenvalue weighted by molar-refractivity contribution is 5.88. The number of terminal acetylenes is 1. The van der Waals surface area contributed by atoms with Crippen LogP contribution in [0.1, 0.15) is 22.8 Å². The molecule has 0 aliphatic carbocycles. The van der Waals surface area contributed by atoms with E-state index < -0.39 is 5.97 Å². The minimum Gasteiger partial charge on any atom is -0.493 e. The third kappa shape index (κ3) is 2.05. The molecule has 0 saturated heterocycles. The Balaban J connectivity index is 3.15. The third-order valence-corrected chi connectivity index (χ3v) is 1.68. The van der Waals surface area contributed by atoms with E-state index in [9.17, 15) is 4.79 Å². The molecular weight excluding hydrogens is 180 g/mol. The lowest BCUT2D eigenvalue weighted by atomic mass is 10.1. The van der Waals surface area contributed by atoms with Crippen LogP contribution in [-0.4, -0.2) is 17.7 Å². The highest BCUT2D eigenvalue weighted by Gasteiger charge is 2.07. The lowest BCUT2D eigenvalue weighted by molar-refractivity contribution is 0.0696. The van der Waals surface area contributed by atoms with Crippen LogP contribution in [-0.2, 0) is 0 Å². The topological polar surface area (TPSA) is 46.5 Å². The number of ether oxygens (including phenoxy) is 1. The minimum atomic E-state index is -0.991. The first-order chi connectivity index (χ1) is 6.69. The molecule has 0 atom stereocenters. The molecule has 0 aliphatic heterocycles. The van der Waals surface area contributed by atoms with Gasteiger partial charge in [0, 0.05) is 0 Å². The molecule has 0 unspecified atom stereocenters. The summed E-state index contributed by atoms with van der Waals surface area (Å²) >= 11 is 0. The Labute approximate surface area is 82.3 Å². The van der Waals surface area contributed by atoms with E-state index in [0.29, 0.717) is 17.9 Å². The van der Waals surface area contributed by atoms with E-state index in [1.54, 1.807) is 6.07 Å². The van der Waals surface area contributed by atoms with Crippen molar-refractivity contribution in [1.82, 2.24) is 0 Å². The molecule has 72 valence electrons. The van der Waals surface area contributed by atoms with E-state index in [-0.39, 0.29) is 5.56 Å². The van der Waals surface area contributed by atoms with Gasteiger partial charge in [-0.05, 0) is 25.1 Å². The first-order valence-corrected chi connectivity index (χ1v) is 4.15. The fraction of sp³-hybridized carbons (Fsp3) is 0.182. The standard InChI is InChI=1S/C11H10O3/c1-3-8-5-6-9(11(12)13)7-10(8)14-4-2/h1,5-7H,4H2,2H3,(H,12,13). The number of hydrogen-bond acceptors (Lipinski definition) is 2. The molecule has 3 nitrogen and oxygen atoms in total. The zero-order valence-corrected chi connectivity index (χ0v) is 7.78. The van der Waals surface area contributed by atoms with Crippen molar-refractivity contribution in [3.8, 4) is 18.1 Å². The quantitative estimate of drug-likeness (QED) is 0.739. The van der Waals surface area contributed by atoms with Gasteiger partial charge in [-0.25, -0.2) is 4.79 Å². The van der Waals surface area contributed by atoms with Crippen LogP contribution in [0, 0.1) is 12.3 Å². The summed E-state index contributed by atoms with van der Waals surface area (Å²) in [6, 6.07) is 4.45. The molecule has 0 bridgehead atoms. The van der Waals surface area contributed by atoms with Crippen molar-refractivity contribution >= 4 is 5.97 Å². The Hall–Kier alpha value is -1.95. The normalized spacial score (nSPS) is 9.14. The van der Waals surface area contributed by atoms with Gasteiger partial charge in [-0.3, -0.25) is 0 Å². The first-order valence-electron chi connectivity index (χ1n) is 4.15. The number of rotatable bonds is 3. The summed E-state index contributed by atoms with van der Waals surface area (Å²) in [6.07, 6.45) is 5.23. The zero-order chi connectivity index (χ0) is 10.6. The molecule has 3 heteroatoms. The van der Waals surface area contributed by atoms with E-state index in [1.807, 2.05) is 6.92 Å². The Morgan fingerprint density at radius 2 is 2.36 bits per heavy atom. The second kappa shape index (κ2) is 4.33. The van der Waals surface area contributed by atoms with Crippen molar-refractivity contribution in [2.24, 2.45) is 0 Å². The summed E-state index contributed by atoms with van der Waals surface area (Å²) in [4.78, 5) is 10.6. The van der Waals surface area contributed by atoms with Crippen LogP contribution in [0.5, 0.6) is 5.75 Å². The average Bonchev–Trinajstić information content (AvgIpc) is 2.18. The molecule has 0 fully saturated rings. The largest absolute Gasteiger partial charge is 0.493 e. The lowest BCUT2D eigenvalue weighted by Crippen LogP contribution is -2.00. The van der Waals surface area contributed by atoms with Crippen LogP contribution in [0.2, 0.25) is 0 Å². The first kappa shape index (κ1) is 10.1. The van der Waals surface area contributed by atoms with Crippen molar-refractivity contribution < 1.29 is 14.6 Å². The molecule has 0 radical (unpaired) electrons. The molecule has 0 saturated carbocycles. The van der Waals surface area contributed by atoms with Crippen LogP contribution >= 0.6 is 0 Å². The van der Waals surface area contributed by atoms with E-state index >= 15 is 0 Å². The summed E-state index contributed by atoms with van der Waals surface area (Å²) in [5, 5.41) is 8.73. The molecule has 1 aromatic rings. The van der Waals surface area contributed by atoms with E-state index in [2.05, 4.69) is 5.92 Å². The van der Waals surface area contributed by atoms with Crippen molar-refractivity contribution in [2.45, 2.75) is 6.92 Å². The van der Waals surface area contributed by atoms with Gasteiger partial charge < -0.3 is 9.84 Å². The Kier molecular flexibility index (Phi) is 3.14. The van der Waals surface area contributed by atoms with Gasteiger partial charge in [0.15, 0.2) is 0 Å². The molecule has 0 aromatic heterocycles. The zero-order valence-electron chi connectivity index (χ0n) is 7.78. The number of carbonyl (C=O) groups is 1. The molecule has 1 rings (SSSR count). The van der Waals surface area contributed by atoms with Gasteiger partial charge in [0.1, 0.15) is 5.75 Å². The van der Waals surface area contributed by atoms with Crippen LogP contribution in [0.4, 0.5) is 0 Å². The van der Waals surface area contributed by atoms with Crippen molar-refractivity contribution in [1.29, 1.82) is 0 Å². The summed E-state index contributed by atoms with van der Waals surface area (Å²) in [6.45, 7) is 2.27. The Bertz CT molecular complexity index is 388. The maximum Gasteiger partial charge on any atom is 0.335 e. The molecule has 0 amide bonds. The lowest BCUT2D eigenvalue weighted by Gasteiger charge is -2.06. The Morgan fingerprint density at radius 3 is 2.86 bits per heavy atom. The van der Waals surface area contributed by atoms with Crippen molar-refractivity contribution in [2.75, 3.05) is 6.61 Å². The number of aromatic carboxylic acids is 1. The smallest absolute Gasteiger partial charge is 0.335 e. The molecule has 1 aromatic carbocycles. The summed E-state index contributed by atoms with van der Waals surface area (Å²) in [5.74, 6) is 1.88. The fourth-order valence-corrected chi connectivity index (χ4v) is 1.05. The van der Waals surface area contributed by atoms with Crippen LogP contribution in [0.3, 0.4) is 0 Å². The molecule has 14 heavy (non-hydrogen) atoms. The minimum absolute atomic E-state index is 0.174. The average molecular weight is 190 g/mol. The number of benzene rings is 1. The summed E-state index contributed by atoms with van der Waals surface area (Å²) < 4.78 is 5.21. The highest BCUT2D eigenvalue weighted by Crippen LogP contribution is 2.19. The Morgan fingerprint density at radius 1 is 1.64 bits per heavy atom. The third-order valence-electron chi connectivity index (χ3n) is 1.68. The van der Waals surface area contributed by atoms with Gasteiger partial charge in [0.05, 0.1) is 17.7 Å². The number of carboxylic acids is 1. The van der Waals surface area contributed by atoms with E-state index in [0.717, 1.165) is 0 Å². The number of carboxylic acid groups (broad SMARTS) is 1. The monoisotopic (exact) mass is 190 g/mol. The molecule has 1 N–H and O–H groups in total. The van der Waals surface area contributed by atoms with Crippen LogP contribution < -0.4 is 4.74 Å². The number of hydrogen-bond donors (Lipinski definition) is 1. The second-order valence-electron chi connectivity index (χ2n) is 2.59. The second-order valence-corrected chi connectivity index (χ2v) is 2.59. The molecule has 0 heterocycles. The summed E-state index contributed by atoms with van der Waals surface area (Å²) in [7, 11) is 0. The predicted molar refractivity (Wildman–Crippen MR) is 52.5 cm³/mol. The van der Waals surface area contributed by atoms with Gasteiger partial charge in [-0.2, -0.15) is 0 Å². The van der Waals surface area contributed by atoms with Crippen molar-refractivity contribution in [3.63, 3.8) is 0 Å². The van der Waals surface area contributed by atoms with Crippen molar-refractivity contribution in [3.05, 3.63) is 29.3 Å². The molecule has 0 spiro atoms. The van der Waals surface area contributed by atoms with E-state index in [1.165, 1.54) is 12.1 Å². The van der Waals surface area contributed by atoms with Crippen LogP contribution in [0.25, 0.3) is 0 Å². The van der Waals surface area contributed by atoms with Gasteiger partial charge >= 0.3 is 5.97 Å². The summed E-state index contributed by atoms with van der Waals surface area (Å²) in [5.41, 5.74) is 0.740. The SMILES string of the molecule is C#Cc1ccc(C(=O)O)cc1OCC. The van der Waals surface area contributed by atoms with E-state index in [4.69, 9.17) is 16.3 Å². The maximum absolute atomic E-state index is 10.6. The predicted octanol–water partition coefficient (Wildman–Crippen LogP) is 1.76. The van der Waals surface area contributed by atoms with Gasteiger partial charge in [-0.15, -0.1) is 6.42 Å². The van der Waals surface area contributed by atoms with Gasteiger partial charge in [-0.1, -0.05) is 5.92 Å². The molecular formula is C11H10O3. The van der Waals surface area contributed by atoms with Gasteiger partial charge in [0.2, 0.25) is 0 Å².